The zero-order valence-electron chi connectivity index (χ0n) is 16.0. The van der Waals surface area contributed by atoms with Gasteiger partial charge < -0.3 is 10.2 Å². The highest BCUT2D eigenvalue weighted by Gasteiger charge is 2.40. The summed E-state index contributed by atoms with van der Waals surface area (Å²) in [6.07, 6.45) is 8.12. The number of amides is 1. The Hall–Kier alpha value is -1.66. The van der Waals surface area contributed by atoms with Gasteiger partial charge in [0.2, 0.25) is 0 Å². The van der Waals surface area contributed by atoms with Gasteiger partial charge in [0.15, 0.2) is 0 Å². The van der Waals surface area contributed by atoms with Gasteiger partial charge in [0.1, 0.15) is 5.69 Å². The molecule has 2 unspecified atom stereocenters. The number of nitrogens with zero attached hydrogens (tertiary/aromatic N) is 3. The van der Waals surface area contributed by atoms with Crippen LogP contribution in [0, 0.1) is 5.92 Å². The average Bonchev–Trinajstić information content (AvgIpc) is 3.15. The molecule has 0 radical (unpaired) electrons. The number of thiophene rings is 1. The van der Waals surface area contributed by atoms with Crippen LogP contribution in [0.5, 0.6) is 0 Å². The number of carbonyl (C=O) groups excluding carboxylic acids is 1. The van der Waals surface area contributed by atoms with E-state index in [0.29, 0.717) is 17.7 Å². The van der Waals surface area contributed by atoms with Gasteiger partial charge in [0, 0.05) is 42.1 Å². The molecule has 1 amide bonds. The summed E-state index contributed by atoms with van der Waals surface area (Å²) in [5.41, 5.74) is 1.84. The van der Waals surface area contributed by atoms with Crippen LogP contribution in [0.1, 0.15) is 49.5 Å². The summed E-state index contributed by atoms with van der Waals surface area (Å²) in [5.74, 6) is 0.598. The smallest absolute Gasteiger partial charge is 0.270 e. The molecule has 4 aliphatic rings. The molecular formula is C21H28N4OS. The van der Waals surface area contributed by atoms with Crippen molar-refractivity contribution in [3.63, 3.8) is 0 Å². The lowest BCUT2D eigenvalue weighted by Crippen LogP contribution is -2.62. The third-order valence-corrected chi connectivity index (χ3v) is 7.77. The lowest BCUT2D eigenvalue weighted by Gasteiger charge is -2.49. The van der Waals surface area contributed by atoms with Crippen molar-refractivity contribution in [2.45, 2.75) is 51.1 Å². The van der Waals surface area contributed by atoms with Crippen molar-refractivity contribution in [2.75, 3.05) is 31.1 Å². The highest BCUT2D eigenvalue weighted by atomic mass is 32.1. The van der Waals surface area contributed by atoms with Gasteiger partial charge in [-0.3, -0.25) is 9.69 Å². The molecule has 0 aromatic carbocycles. The second-order valence-electron chi connectivity index (χ2n) is 8.35. The van der Waals surface area contributed by atoms with Gasteiger partial charge in [-0.05, 0) is 64.1 Å². The van der Waals surface area contributed by atoms with Crippen LogP contribution in [0.15, 0.2) is 17.6 Å². The minimum absolute atomic E-state index is 0.0155. The molecule has 0 saturated carbocycles. The van der Waals surface area contributed by atoms with Crippen LogP contribution in [0.25, 0.3) is 10.1 Å². The quantitative estimate of drug-likeness (QED) is 0.880. The van der Waals surface area contributed by atoms with E-state index >= 15 is 0 Å². The molecule has 144 valence electrons. The zero-order valence-corrected chi connectivity index (χ0v) is 16.8. The van der Waals surface area contributed by atoms with E-state index in [1.807, 2.05) is 12.3 Å². The fourth-order valence-corrected chi connectivity index (χ4v) is 6.11. The summed E-state index contributed by atoms with van der Waals surface area (Å²) in [5, 5.41) is 6.73. The van der Waals surface area contributed by atoms with Crippen LogP contribution in [0.3, 0.4) is 0 Å². The molecule has 5 nitrogen and oxygen atoms in total. The van der Waals surface area contributed by atoms with E-state index in [0.717, 1.165) is 13.1 Å². The minimum atomic E-state index is -0.0155. The van der Waals surface area contributed by atoms with Crippen molar-refractivity contribution in [3.8, 4) is 0 Å². The third kappa shape index (κ3) is 3.13. The first-order valence-electron chi connectivity index (χ1n) is 10.4. The van der Waals surface area contributed by atoms with Crippen molar-refractivity contribution < 1.29 is 4.79 Å². The highest BCUT2D eigenvalue weighted by Crippen LogP contribution is 2.35. The summed E-state index contributed by atoms with van der Waals surface area (Å²) in [6, 6.07) is 2.69. The SMILES string of the molecule is CC1C(NC(=O)c2cc3c(N4CCCCC4)csc3cn2)C2CCN1CC2. The molecule has 0 spiro atoms. The molecule has 6 heteroatoms. The Kier molecular flexibility index (Phi) is 4.56. The number of anilines is 1. The van der Waals surface area contributed by atoms with Gasteiger partial charge in [0.25, 0.3) is 5.91 Å². The summed E-state index contributed by atoms with van der Waals surface area (Å²) in [7, 11) is 0. The molecular weight excluding hydrogens is 356 g/mol. The van der Waals surface area contributed by atoms with Gasteiger partial charge in [0.05, 0.1) is 10.4 Å². The molecule has 4 fully saturated rings. The Balaban J connectivity index is 1.38. The summed E-state index contributed by atoms with van der Waals surface area (Å²) in [6.45, 7) is 6.84. The van der Waals surface area contributed by atoms with E-state index in [1.54, 1.807) is 11.3 Å². The number of pyridine rings is 1. The second-order valence-corrected chi connectivity index (χ2v) is 9.26. The predicted octanol–water partition coefficient (Wildman–Crippen LogP) is 3.50. The molecule has 2 aromatic heterocycles. The van der Waals surface area contributed by atoms with E-state index in [2.05, 4.69) is 32.4 Å². The van der Waals surface area contributed by atoms with Crippen molar-refractivity contribution in [1.29, 1.82) is 0 Å². The molecule has 2 bridgehead atoms. The lowest BCUT2D eigenvalue weighted by atomic mass is 9.79. The van der Waals surface area contributed by atoms with Gasteiger partial charge in [-0.1, -0.05) is 0 Å². The summed E-state index contributed by atoms with van der Waals surface area (Å²) in [4.78, 5) is 22.5. The third-order valence-electron chi connectivity index (χ3n) is 6.85. The second kappa shape index (κ2) is 7.06. The highest BCUT2D eigenvalue weighted by molar-refractivity contribution is 7.17. The van der Waals surface area contributed by atoms with E-state index < -0.39 is 0 Å². The summed E-state index contributed by atoms with van der Waals surface area (Å²) >= 11 is 1.73. The number of aromatic nitrogens is 1. The van der Waals surface area contributed by atoms with Crippen molar-refractivity contribution >= 4 is 33.0 Å². The first-order chi connectivity index (χ1) is 13.2. The topological polar surface area (TPSA) is 48.5 Å². The molecule has 2 aromatic rings. The minimum Gasteiger partial charge on any atom is -0.370 e. The Morgan fingerprint density at radius 2 is 1.96 bits per heavy atom. The number of rotatable bonds is 3. The number of piperidine rings is 4. The standard InChI is InChI=1S/C21H28N4OS/c1-14-20(15-5-9-24(14)10-6-15)23-21(26)17-11-16-18(13-27-19(16)12-22-17)25-7-3-2-4-8-25/h11-15,20H,2-10H2,1H3,(H,23,26). The normalized spacial score (nSPS) is 30.6. The number of hydrogen-bond acceptors (Lipinski definition) is 5. The number of carbonyl (C=O) groups is 1. The van der Waals surface area contributed by atoms with Crippen LogP contribution in [-0.2, 0) is 0 Å². The van der Waals surface area contributed by atoms with Gasteiger partial charge in [-0.25, -0.2) is 4.98 Å². The van der Waals surface area contributed by atoms with Gasteiger partial charge >= 0.3 is 0 Å². The fourth-order valence-electron chi connectivity index (χ4n) is 5.19. The molecule has 4 saturated heterocycles. The van der Waals surface area contributed by atoms with Crippen LogP contribution in [0.2, 0.25) is 0 Å². The monoisotopic (exact) mass is 384 g/mol. The van der Waals surface area contributed by atoms with Gasteiger partial charge in [-0.15, -0.1) is 11.3 Å². The maximum Gasteiger partial charge on any atom is 0.270 e. The molecule has 6 rings (SSSR count). The van der Waals surface area contributed by atoms with Crippen LogP contribution < -0.4 is 10.2 Å². The first-order valence-corrected chi connectivity index (χ1v) is 11.3. The van der Waals surface area contributed by atoms with Crippen molar-refractivity contribution in [2.24, 2.45) is 5.92 Å². The average molecular weight is 385 g/mol. The summed E-state index contributed by atoms with van der Waals surface area (Å²) < 4.78 is 1.17. The Morgan fingerprint density at radius 3 is 2.70 bits per heavy atom. The Morgan fingerprint density at radius 1 is 1.19 bits per heavy atom. The largest absolute Gasteiger partial charge is 0.370 e. The molecule has 1 N–H and O–H groups in total. The molecule has 6 heterocycles. The Labute approximate surface area is 164 Å². The van der Waals surface area contributed by atoms with Gasteiger partial charge in [-0.2, -0.15) is 0 Å². The molecule has 0 aliphatic carbocycles. The van der Waals surface area contributed by atoms with E-state index in [-0.39, 0.29) is 11.9 Å². The number of fused-ring (bicyclic) bond motifs is 4. The zero-order chi connectivity index (χ0) is 18.4. The van der Waals surface area contributed by atoms with Crippen LogP contribution in [0.4, 0.5) is 5.69 Å². The van der Waals surface area contributed by atoms with Crippen molar-refractivity contribution in [3.05, 3.63) is 23.3 Å². The Bertz CT molecular complexity index is 834. The van der Waals surface area contributed by atoms with Crippen LogP contribution in [-0.4, -0.2) is 54.1 Å². The molecule has 27 heavy (non-hydrogen) atoms. The van der Waals surface area contributed by atoms with Crippen LogP contribution >= 0.6 is 11.3 Å². The maximum absolute atomic E-state index is 13.0. The number of nitrogens with one attached hydrogen (secondary N) is 1. The first kappa shape index (κ1) is 17.4. The van der Waals surface area contributed by atoms with E-state index in [1.165, 1.54) is 61.0 Å². The molecule has 2 atom stereocenters. The fraction of sp³-hybridized carbons (Fsp3) is 0.619. The predicted molar refractivity (Wildman–Crippen MR) is 111 cm³/mol. The van der Waals surface area contributed by atoms with Crippen molar-refractivity contribution in [1.82, 2.24) is 15.2 Å². The lowest BCUT2D eigenvalue weighted by molar-refractivity contribution is 0.0216. The maximum atomic E-state index is 13.0. The number of hydrogen-bond donors (Lipinski definition) is 1. The molecule has 4 aliphatic heterocycles. The van der Waals surface area contributed by atoms with E-state index in [4.69, 9.17) is 0 Å². The van der Waals surface area contributed by atoms with E-state index in [9.17, 15) is 4.79 Å².